The monoisotopic (exact) mass is 293 g/mol. The molecule has 0 aliphatic carbocycles. The van der Waals surface area contributed by atoms with Gasteiger partial charge in [-0.2, -0.15) is 5.26 Å². The fourth-order valence-corrected chi connectivity index (χ4v) is 2.18. The number of carbonyl (C=O) groups excluding carboxylic acids is 1. The Morgan fingerprint density at radius 1 is 1.14 bits per heavy atom. The van der Waals surface area contributed by atoms with Gasteiger partial charge < -0.3 is 10.6 Å². The first-order valence-corrected chi connectivity index (χ1v) is 7.27. The van der Waals surface area contributed by atoms with E-state index in [1.165, 1.54) is 0 Å². The first kappa shape index (κ1) is 15.6. The first-order chi connectivity index (χ1) is 10.7. The Hall–Kier alpha value is -2.80. The quantitative estimate of drug-likeness (QED) is 0.880. The molecule has 0 aliphatic rings. The summed E-state index contributed by atoms with van der Waals surface area (Å²) in [6, 6.07) is 15.5. The maximum Gasteiger partial charge on any atom is 0.224 e. The largest absolute Gasteiger partial charge is 0.381 e. The van der Waals surface area contributed by atoms with Crippen molar-refractivity contribution in [2.24, 2.45) is 0 Å². The van der Waals surface area contributed by atoms with Gasteiger partial charge >= 0.3 is 0 Å². The Balaban J connectivity index is 2.15. The van der Waals surface area contributed by atoms with Gasteiger partial charge in [-0.3, -0.25) is 4.79 Å². The fourth-order valence-electron chi connectivity index (χ4n) is 2.18. The molecule has 2 N–H and O–H groups in total. The molecule has 0 aliphatic heterocycles. The average Bonchev–Trinajstić information content (AvgIpc) is 2.55. The number of carbonyl (C=O) groups is 1. The van der Waals surface area contributed by atoms with Gasteiger partial charge in [0.25, 0.3) is 0 Å². The molecule has 2 aromatic rings. The topological polar surface area (TPSA) is 64.9 Å². The van der Waals surface area contributed by atoms with Crippen LogP contribution in [0.1, 0.15) is 30.0 Å². The molecule has 0 saturated carbocycles. The standard InChI is InChI=1S/C18H19N3O/c1-3-18(22)21-17-10-6-9-16(13(17)2)20-12-15-8-5-4-7-14(15)11-19/h4-10,20H,3,12H2,1-2H3,(H,21,22). The second-order valence-corrected chi connectivity index (χ2v) is 5.00. The third-order valence-corrected chi connectivity index (χ3v) is 3.54. The Kier molecular flexibility index (Phi) is 5.16. The van der Waals surface area contributed by atoms with Crippen molar-refractivity contribution in [2.75, 3.05) is 10.6 Å². The molecule has 1 amide bonds. The van der Waals surface area contributed by atoms with Crippen LogP contribution in [0.2, 0.25) is 0 Å². The lowest BCUT2D eigenvalue weighted by atomic mass is 10.1. The molecule has 0 spiro atoms. The van der Waals surface area contributed by atoms with E-state index in [0.717, 1.165) is 22.5 Å². The zero-order valence-corrected chi connectivity index (χ0v) is 12.8. The van der Waals surface area contributed by atoms with Crippen LogP contribution in [-0.2, 0) is 11.3 Å². The van der Waals surface area contributed by atoms with Gasteiger partial charge in [-0.15, -0.1) is 0 Å². The van der Waals surface area contributed by atoms with E-state index in [1.807, 2.05) is 56.3 Å². The van der Waals surface area contributed by atoms with Crippen molar-refractivity contribution in [1.82, 2.24) is 0 Å². The van der Waals surface area contributed by atoms with Gasteiger partial charge in [-0.25, -0.2) is 0 Å². The summed E-state index contributed by atoms with van der Waals surface area (Å²) in [6.07, 6.45) is 0.451. The van der Waals surface area contributed by atoms with Gasteiger partial charge in [-0.05, 0) is 36.2 Å². The number of rotatable bonds is 5. The van der Waals surface area contributed by atoms with E-state index in [-0.39, 0.29) is 5.91 Å². The number of nitriles is 1. The minimum Gasteiger partial charge on any atom is -0.381 e. The molecule has 2 aromatic carbocycles. The van der Waals surface area contributed by atoms with Gasteiger partial charge in [0.2, 0.25) is 5.91 Å². The highest BCUT2D eigenvalue weighted by molar-refractivity contribution is 5.92. The third kappa shape index (κ3) is 3.64. The average molecular weight is 293 g/mol. The maximum absolute atomic E-state index is 11.5. The van der Waals surface area contributed by atoms with Gasteiger partial charge in [0.05, 0.1) is 11.6 Å². The lowest BCUT2D eigenvalue weighted by Crippen LogP contribution is -2.11. The number of benzene rings is 2. The van der Waals surface area contributed by atoms with Crippen LogP contribution >= 0.6 is 0 Å². The van der Waals surface area contributed by atoms with E-state index in [9.17, 15) is 4.79 Å². The van der Waals surface area contributed by atoms with Crippen molar-refractivity contribution in [3.8, 4) is 6.07 Å². The minimum absolute atomic E-state index is 0.00456. The maximum atomic E-state index is 11.5. The van der Waals surface area contributed by atoms with Crippen LogP contribution in [0.5, 0.6) is 0 Å². The molecule has 0 bridgehead atoms. The summed E-state index contributed by atoms with van der Waals surface area (Å²) >= 11 is 0. The molecule has 0 fully saturated rings. The molecule has 0 heterocycles. The second kappa shape index (κ2) is 7.28. The van der Waals surface area contributed by atoms with Crippen LogP contribution in [0.15, 0.2) is 42.5 Å². The number of anilines is 2. The molecular weight excluding hydrogens is 274 g/mol. The zero-order valence-electron chi connectivity index (χ0n) is 12.8. The molecule has 22 heavy (non-hydrogen) atoms. The molecule has 0 aromatic heterocycles. The summed E-state index contributed by atoms with van der Waals surface area (Å²) in [7, 11) is 0. The molecule has 0 saturated heterocycles. The van der Waals surface area contributed by atoms with E-state index in [4.69, 9.17) is 5.26 Å². The number of hydrogen-bond donors (Lipinski definition) is 2. The van der Waals surface area contributed by atoms with E-state index in [0.29, 0.717) is 18.5 Å². The zero-order chi connectivity index (χ0) is 15.9. The highest BCUT2D eigenvalue weighted by Crippen LogP contribution is 2.24. The number of hydrogen-bond acceptors (Lipinski definition) is 3. The van der Waals surface area contributed by atoms with Gasteiger partial charge in [0, 0.05) is 24.3 Å². The molecule has 0 unspecified atom stereocenters. The Morgan fingerprint density at radius 3 is 2.59 bits per heavy atom. The van der Waals surface area contributed by atoms with E-state index in [1.54, 1.807) is 0 Å². The molecular formula is C18H19N3O. The van der Waals surface area contributed by atoms with Crippen molar-refractivity contribution < 1.29 is 4.79 Å². The Bertz CT molecular complexity index is 717. The Morgan fingerprint density at radius 2 is 1.86 bits per heavy atom. The van der Waals surface area contributed by atoms with Crippen LogP contribution < -0.4 is 10.6 Å². The van der Waals surface area contributed by atoms with Crippen molar-refractivity contribution in [2.45, 2.75) is 26.8 Å². The lowest BCUT2D eigenvalue weighted by Gasteiger charge is -2.14. The molecule has 2 rings (SSSR count). The van der Waals surface area contributed by atoms with Crippen LogP contribution in [0.3, 0.4) is 0 Å². The van der Waals surface area contributed by atoms with Crippen molar-refractivity contribution in [3.05, 3.63) is 59.2 Å². The summed E-state index contributed by atoms with van der Waals surface area (Å²) in [4.78, 5) is 11.5. The highest BCUT2D eigenvalue weighted by Gasteiger charge is 2.07. The fraction of sp³-hybridized carbons (Fsp3) is 0.222. The second-order valence-electron chi connectivity index (χ2n) is 5.00. The smallest absolute Gasteiger partial charge is 0.224 e. The third-order valence-electron chi connectivity index (χ3n) is 3.54. The minimum atomic E-state index is -0.00456. The van der Waals surface area contributed by atoms with Crippen LogP contribution in [0.25, 0.3) is 0 Å². The van der Waals surface area contributed by atoms with Crippen molar-refractivity contribution >= 4 is 17.3 Å². The van der Waals surface area contributed by atoms with Gasteiger partial charge in [-0.1, -0.05) is 31.2 Å². The van der Waals surface area contributed by atoms with Crippen LogP contribution in [0.4, 0.5) is 11.4 Å². The summed E-state index contributed by atoms with van der Waals surface area (Å²) in [5, 5.41) is 15.3. The van der Waals surface area contributed by atoms with Gasteiger partial charge in [0.15, 0.2) is 0 Å². The Labute approximate surface area is 130 Å². The van der Waals surface area contributed by atoms with Crippen molar-refractivity contribution in [3.63, 3.8) is 0 Å². The normalized spacial score (nSPS) is 9.86. The highest BCUT2D eigenvalue weighted by atomic mass is 16.1. The predicted molar refractivity (Wildman–Crippen MR) is 88.6 cm³/mol. The molecule has 112 valence electrons. The number of nitrogens with zero attached hydrogens (tertiary/aromatic N) is 1. The number of amides is 1. The lowest BCUT2D eigenvalue weighted by molar-refractivity contribution is -0.115. The van der Waals surface area contributed by atoms with E-state index < -0.39 is 0 Å². The molecule has 4 heteroatoms. The SMILES string of the molecule is CCC(=O)Nc1cccc(NCc2ccccc2C#N)c1C. The molecule has 4 nitrogen and oxygen atoms in total. The van der Waals surface area contributed by atoms with Crippen LogP contribution in [0, 0.1) is 18.3 Å². The number of nitrogens with one attached hydrogen (secondary N) is 2. The van der Waals surface area contributed by atoms with E-state index >= 15 is 0 Å². The summed E-state index contributed by atoms with van der Waals surface area (Å²) < 4.78 is 0. The summed E-state index contributed by atoms with van der Waals surface area (Å²) in [6.45, 7) is 4.35. The summed E-state index contributed by atoms with van der Waals surface area (Å²) in [5.74, 6) is -0.00456. The van der Waals surface area contributed by atoms with Crippen LogP contribution in [-0.4, -0.2) is 5.91 Å². The van der Waals surface area contributed by atoms with E-state index in [2.05, 4.69) is 16.7 Å². The first-order valence-electron chi connectivity index (χ1n) is 7.27. The van der Waals surface area contributed by atoms with Gasteiger partial charge in [0.1, 0.15) is 0 Å². The predicted octanol–water partition coefficient (Wildman–Crippen LogP) is 3.83. The van der Waals surface area contributed by atoms with Crippen molar-refractivity contribution in [1.29, 1.82) is 5.26 Å². The molecule has 0 radical (unpaired) electrons. The summed E-state index contributed by atoms with van der Waals surface area (Å²) in [5.41, 5.74) is 4.36. The molecule has 0 atom stereocenters.